The summed E-state index contributed by atoms with van der Waals surface area (Å²) < 4.78 is 0. The van der Waals surface area contributed by atoms with Gasteiger partial charge in [-0.25, -0.2) is 4.79 Å². The molecule has 11 heteroatoms. The number of aliphatic carboxylic acids is 1. The topological polar surface area (TPSA) is 180 Å². The number of nitrogens with one attached hydrogen (secondary N) is 4. The van der Waals surface area contributed by atoms with Gasteiger partial charge in [0.25, 0.3) is 0 Å². The molecule has 0 bridgehead atoms. The Morgan fingerprint density at radius 2 is 1.66 bits per heavy atom. The maximum absolute atomic E-state index is 12.9. The van der Waals surface area contributed by atoms with Crippen molar-refractivity contribution in [3.05, 3.63) is 0 Å². The number of carboxylic acids is 1. The van der Waals surface area contributed by atoms with Crippen molar-refractivity contribution in [3.8, 4) is 0 Å². The average Bonchev–Trinajstić information content (AvgIpc) is 3.22. The van der Waals surface area contributed by atoms with Gasteiger partial charge in [0.05, 0.1) is 6.04 Å². The van der Waals surface area contributed by atoms with Gasteiger partial charge in [-0.2, -0.15) is 0 Å². The van der Waals surface area contributed by atoms with Gasteiger partial charge in [-0.1, -0.05) is 27.7 Å². The molecule has 0 aromatic heterocycles. The molecule has 7 N–H and O–H groups in total. The first-order chi connectivity index (χ1) is 14.9. The first-order valence-corrected chi connectivity index (χ1v) is 11.1. The van der Waals surface area contributed by atoms with E-state index in [2.05, 4.69) is 21.3 Å². The quantitative estimate of drug-likeness (QED) is 0.211. The molecule has 1 heterocycles. The van der Waals surface area contributed by atoms with Crippen LogP contribution in [0.25, 0.3) is 0 Å². The molecule has 0 aliphatic carbocycles. The molecule has 1 saturated heterocycles. The highest BCUT2D eigenvalue weighted by Crippen LogP contribution is 2.10. The molecule has 182 valence electrons. The molecule has 0 aromatic carbocycles. The van der Waals surface area contributed by atoms with Crippen LogP contribution >= 0.6 is 0 Å². The van der Waals surface area contributed by atoms with Crippen molar-refractivity contribution in [2.75, 3.05) is 6.54 Å². The van der Waals surface area contributed by atoms with Crippen molar-refractivity contribution in [1.29, 1.82) is 0 Å². The molecule has 0 radical (unpaired) electrons. The molecule has 4 atom stereocenters. The average molecular weight is 456 g/mol. The lowest BCUT2D eigenvalue weighted by atomic mass is 9.99. The van der Waals surface area contributed by atoms with Crippen LogP contribution in [0, 0.1) is 11.8 Å². The molecule has 11 nitrogen and oxygen atoms in total. The van der Waals surface area contributed by atoms with Gasteiger partial charge in [-0.15, -0.1) is 0 Å². The van der Waals surface area contributed by atoms with Gasteiger partial charge < -0.3 is 32.1 Å². The Balaban J connectivity index is 2.90. The summed E-state index contributed by atoms with van der Waals surface area (Å²) in [6, 6.07) is -3.58. The molecule has 4 amide bonds. The highest BCUT2D eigenvalue weighted by atomic mass is 16.4. The maximum Gasteiger partial charge on any atom is 0.326 e. The molecule has 1 aliphatic heterocycles. The number of amides is 4. The van der Waals surface area contributed by atoms with Crippen LogP contribution in [0.4, 0.5) is 0 Å². The number of nitrogens with two attached hydrogens (primary N) is 1. The third kappa shape index (κ3) is 9.21. The fraction of sp³-hybridized carbons (Fsp3) is 0.762. The van der Waals surface area contributed by atoms with E-state index in [9.17, 15) is 29.1 Å². The van der Waals surface area contributed by atoms with E-state index in [0.29, 0.717) is 13.0 Å². The zero-order valence-corrected chi connectivity index (χ0v) is 19.3. The monoisotopic (exact) mass is 455 g/mol. The number of carbonyl (C=O) groups excluding carboxylic acids is 4. The third-order valence-corrected chi connectivity index (χ3v) is 5.26. The predicted molar refractivity (Wildman–Crippen MR) is 117 cm³/mol. The summed E-state index contributed by atoms with van der Waals surface area (Å²) in [5.41, 5.74) is 5.20. The molecule has 1 rings (SSSR count). The Kier molecular flexibility index (Phi) is 11.1. The van der Waals surface area contributed by atoms with Gasteiger partial charge in [-0.05, 0) is 44.1 Å². The van der Waals surface area contributed by atoms with E-state index >= 15 is 0 Å². The highest BCUT2D eigenvalue weighted by Gasteiger charge is 2.33. The zero-order valence-electron chi connectivity index (χ0n) is 19.3. The van der Waals surface area contributed by atoms with E-state index < -0.39 is 47.9 Å². The van der Waals surface area contributed by atoms with Gasteiger partial charge in [0.2, 0.25) is 23.6 Å². The lowest BCUT2D eigenvalue weighted by Crippen LogP contribution is -2.58. The van der Waals surface area contributed by atoms with E-state index in [-0.39, 0.29) is 37.0 Å². The SMILES string of the molecule is CC(C)CC(NC(=O)C(NC(=O)C(CCC(N)=O)NC(=O)C1CCCN1)C(C)C)C(=O)O. The molecule has 1 fully saturated rings. The maximum atomic E-state index is 12.9. The fourth-order valence-corrected chi connectivity index (χ4v) is 3.48. The number of primary amides is 1. The molecule has 1 aliphatic rings. The van der Waals surface area contributed by atoms with Gasteiger partial charge in [-0.3, -0.25) is 19.2 Å². The summed E-state index contributed by atoms with van der Waals surface area (Å²) in [7, 11) is 0. The minimum atomic E-state index is -1.16. The van der Waals surface area contributed by atoms with Crippen molar-refractivity contribution in [2.24, 2.45) is 17.6 Å². The third-order valence-electron chi connectivity index (χ3n) is 5.26. The van der Waals surface area contributed by atoms with E-state index in [4.69, 9.17) is 5.73 Å². The second kappa shape index (κ2) is 13.0. The summed E-state index contributed by atoms with van der Waals surface area (Å²) in [5, 5.41) is 20.1. The molecule has 0 saturated carbocycles. The van der Waals surface area contributed by atoms with Crippen LogP contribution in [0.3, 0.4) is 0 Å². The Morgan fingerprint density at radius 1 is 1.00 bits per heavy atom. The first-order valence-electron chi connectivity index (χ1n) is 11.1. The van der Waals surface area contributed by atoms with Crippen molar-refractivity contribution in [3.63, 3.8) is 0 Å². The van der Waals surface area contributed by atoms with Crippen LogP contribution in [-0.2, 0) is 24.0 Å². The minimum Gasteiger partial charge on any atom is -0.480 e. The summed E-state index contributed by atoms with van der Waals surface area (Å²) in [6.45, 7) is 7.81. The predicted octanol–water partition coefficient (Wildman–Crippen LogP) is -0.755. The second-order valence-corrected chi connectivity index (χ2v) is 8.97. The second-order valence-electron chi connectivity index (χ2n) is 8.97. The first kappa shape index (κ1) is 27.3. The van der Waals surface area contributed by atoms with E-state index in [0.717, 1.165) is 6.42 Å². The van der Waals surface area contributed by atoms with E-state index in [1.807, 2.05) is 13.8 Å². The van der Waals surface area contributed by atoms with Crippen molar-refractivity contribution < 1.29 is 29.1 Å². The zero-order chi connectivity index (χ0) is 24.4. The van der Waals surface area contributed by atoms with Crippen LogP contribution in [-0.4, -0.2) is 65.4 Å². The Labute approximate surface area is 188 Å². The number of rotatable bonds is 13. The number of hydrogen-bond donors (Lipinski definition) is 6. The molecule has 0 spiro atoms. The van der Waals surface area contributed by atoms with Crippen LogP contribution in [0.5, 0.6) is 0 Å². The lowest BCUT2D eigenvalue weighted by Gasteiger charge is -2.27. The van der Waals surface area contributed by atoms with E-state index in [1.54, 1.807) is 13.8 Å². The molecular formula is C21H37N5O6. The van der Waals surface area contributed by atoms with Gasteiger partial charge in [0, 0.05) is 6.42 Å². The van der Waals surface area contributed by atoms with Crippen LogP contribution in [0.2, 0.25) is 0 Å². The Hall–Kier alpha value is -2.69. The van der Waals surface area contributed by atoms with Gasteiger partial charge in [0.1, 0.15) is 18.1 Å². The summed E-state index contributed by atoms with van der Waals surface area (Å²) >= 11 is 0. The molecule has 32 heavy (non-hydrogen) atoms. The smallest absolute Gasteiger partial charge is 0.326 e. The minimum absolute atomic E-state index is 0.0167. The summed E-state index contributed by atoms with van der Waals surface area (Å²) in [4.78, 5) is 60.9. The Morgan fingerprint density at radius 3 is 2.12 bits per heavy atom. The summed E-state index contributed by atoms with van der Waals surface area (Å²) in [5.74, 6) is -3.71. The summed E-state index contributed by atoms with van der Waals surface area (Å²) in [6.07, 6.45) is 1.58. The lowest BCUT2D eigenvalue weighted by molar-refractivity contribution is -0.143. The molecule has 4 unspecified atom stereocenters. The largest absolute Gasteiger partial charge is 0.480 e. The van der Waals surface area contributed by atoms with Crippen molar-refractivity contribution in [1.82, 2.24) is 21.3 Å². The Bertz CT molecular complexity index is 690. The molecular weight excluding hydrogens is 418 g/mol. The van der Waals surface area contributed by atoms with Crippen molar-refractivity contribution >= 4 is 29.6 Å². The van der Waals surface area contributed by atoms with Gasteiger partial charge >= 0.3 is 5.97 Å². The van der Waals surface area contributed by atoms with Crippen LogP contribution in [0.15, 0.2) is 0 Å². The van der Waals surface area contributed by atoms with Crippen LogP contribution in [0.1, 0.15) is 59.8 Å². The number of carboxylic acid groups (broad SMARTS) is 1. The number of carbonyl (C=O) groups is 5. The van der Waals surface area contributed by atoms with Gasteiger partial charge in [0.15, 0.2) is 0 Å². The normalized spacial score (nSPS) is 18.6. The number of hydrogen-bond acceptors (Lipinski definition) is 6. The standard InChI is InChI=1S/C21H37N5O6/c1-11(2)10-15(21(31)32)25-20(30)17(12(3)4)26-19(29)14(7-8-16(22)27)24-18(28)13-6-5-9-23-13/h11-15,17,23H,5-10H2,1-4H3,(H2,22,27)(H,24,28)(H,25,30)(H,26,29)(H,31,32). The molecule has 0 aromatic rings. The fourth-order valence-electron chi connectivity index (χ4n) is 3.48. The van der Waals surface area contributed by atoms with Crippen molar-refractivity contribution in [2.45, 2.75) is 84.0 Å². The van der Waals surface area contributed by atoms with E-state index in [1.165, 1.54) is 0 Å². The highest BCUT2D eigenvalue weighted by molar-refractivity contribution is 5.94. The van der Waals surface area contributed by atoms with Crippen LogP contribution < -0.4 is 27.0 Å².